The Kier molecular flexibility index (Phi) is 11.7. The van der Waals surface area contributed by atoms with Crippen molar-refractivity contribution in [2.24, 2.45) is 0 Å². The van der Waals surface area contributed by atoms with Crippen LogP contribution in [0.2, 0.25) is 0 Å². The fraction of sp³-hybridized carbons (Fsp3) is 0.263. The Bertz CT molecular complexity index is 2080. The van der Waals surface area contributed by atoms with Gasteiger partial charge in [-0.2, -0.15) is 0 Å². The summed E-state index contributed by atoms with van der Waals surface area (Å²) in [6.07, 6.45) is 9.64. The van der Waals surface area contributed by atoms with Gasteiger partial charge in [0.15, 0.2) is 0 Å². The van der Waals surface area contributed by atoms with E-state index in [9.17, 15) is 44.1 Å². The van der Waals surface area contributed by atoms with E-state index >= 15 is 0 Å². The highest BCUT2D eigenvalue weighted by Crippen LogP contribution is 2.37. The molecule has 0 amide bonds. The maximum absolute atomic E-state index is 12.8. The van der Waals surface area contributed by atoms with Crippen LogP contribution in [0, 0.1) is 13.8 Å². The average molecular weight is 779 g/mol. The number of carbonyl (C=O) groups is 6. The largest absolute Gasteiger partial charge is 0.480 e. The van der Waals surface area contributed by atoms with E-state index < -0.39 is 77.6 Å². The van der Waals surface area contributed by atoms with Gasteiger partial charge in [-0.05, 0) is 61.4 Å². The zero-order chi connectivity index (χ0) is 40.9. The normalized spacial score (nSPS) is 25.9. The Morgan fingerprint density at radius 3 is 1.38 bits per heavy atom. The van der Waals surface area contributed by atoms with Gasteiger partial charge in [-0.3, -0.25) is 0 Å². The summed E-state index contributed by atoms with van der Waals surface area (Å²) < 4.78 is 46.0. The number of hydrogen-bond acceptors (Lipinski definition) is 18. The van der Waals surface area contributed by atoms with Crippen LogP contribution in [0.1, 0.15) is 48.7 Å². The first kappa shape index (κ1) is 40.3. The van der Waals surface area contributed by atoms with Gasteiger partial charge >= 0.3 is 41.8 Å². The number of aliphatic hydroxyl groups is 3. The van der Waals surface area contributed by atoms with E-state index in [1.165, 1.54) is 56.6 Å². The van der Waals surface area contributed by atoms with Crippen molar-refractivity contribution in [2.75, 3.05) is 13.7 Å². The van der Waals surface area contributed by atoms with Gasteiger partial charge in [0, 0.05) is 32.1 Å². The Morgan fingerprint density at radius 2 is 1.00 bits per heavy atom. The highest BCUT2D eigenvalue weighted by molar-refractivity contribution is 6.16. The van der Waals surface area contributed by atoms with E-state index in [2.05, 4.69) is 9.47 Å². The molecule has 1 aromatic carbocycles. The summed E-state index contributed by atoms with van der Waals surface area (Å²) in [4.78, 5) is 73.9. The Hall–Kier alpha value is -6.92. The van der Waals surface area contributed by atoms with Crippen molar-refractivity contribution < 1.29 is 86.7 Å². The standard InChI is InChI=1S/C38H34O18/c1-19-17-26(36-51-29(41)22(30(42)52-36)13-9-7-11-15-24-33(45)55-38(4,47)56-34(24)46)20(2)16-25(19)35-49-27(39)21(28(40)50-35)12-8-6-10-14-23-31(43)53-37(3,18-48-5)54-32(23)44/h6-17,35-36,39,41,47H,18H2,1-5H3/b10-6?,11-7+,12-8?,13-9+,23-14?,24-15?. The van der Waals surface area contributed by atoms with Gasteiger partial charge in [-0.25, -0.2) is 28.8 Å². The average Bonchev–Trinajstić information content (AvgIpc) is 3.08. The third-order valence-electron chi connectivity index (χ3n) is 7.89. The molecule has 2 fully saturated rings. The second-order valence-corrected chi connectivity index (χ2v) is 12.4. The van der Waals surface area contributed by atoms with Crippen LogP contribution in [0.3, 0.4) is 0 Å². The summed E-state index contributed by atoms with van der Waals surface area (Å²) >= 11 is 0. The molecule has 2 atom stereocenters. The maximum Gasteiger partial charge on any atom is 0.370 e. The third-order valence-corrected chi connectivity index (χ3v) is 7.89. The first-order valence-electron chi connectivity index (χ1n) is 16.4. The van der Waals surface area contributed by atoms with Crippen molar-refractivity contribution in [2.45, 2.75) is 52.0 Å². The van der Waals surface area contributed by atoms with Crippen molar-refractivity contribution in [3.8, 4) is 0 Å². The molecule has 4 aliphatic rings. The molecular weight excluding hydrogens is 744 g/mol. The highest BCUT2D eigenvalue weighted by Gasteiger charge is 2.43. The predicted molar refractivity (Wildman–Crippen MR) is 183 cm³/mol. The molecule has 4 aliphatic heterocycles. The molecule has 1 aromatic rings. The van der Waals surface area contributed by atoms with Crippen LogP contribution in [-0.2, 0) is 71.4 Å². The minimum Gasteiger partial charge on any atom is -0.480 e. The Balaban J connectivity index is 1.21. The molecule has 56 heavy (non-hydrogen) atoms. The Morgan fingerprint density at radius 1 is 0.607 bits per heavy atom. The molecular formula is C38H34O18. The van der Waals surface area contributed by atoms with E-state index in [0.717, 1.165) is 25.2 Å². The SMILES string of the molecule is COCC1(C)OC(=O)C(=CC=CC=CC2=C(O)OC(c3cc(C)c(C4OC(=O)C(/C=C/C=C/C=C5C(=O)OC(C)(O)OC5=O)=C(O)O4)cc3C)OC2=O)C(=O)O1. The lowest BCUT2D eigenvalue weighted by molar-refractivity contribution is -0.318. The van der Waals surface area contributed by atoms with E-state index in [0.29, 0.717) is 22.3 Å². The number of aliphatic hydroxyl groups excluding tert-OH is 2. The van der Waals surface area contributed by atoms with Crippen LogP contribution in [0.4, 0.5) is 0 Å². The van der Waals surface area contributed by atoms with Crippen LogP contribution in [-0.4, -0.2) is 76.6 Å². The van der Waals surface area contributed by atoms with Crippen LogP contribution in [0.5, 0.6) is 0 Å². The zero-order valence-corrected chi connectivity index (χ0v) is 30.3. The molecule has 3 N–H and O–H groups in total. The van der Waals surface area contributed by atoms with E-state index in [1.807, 2.05) is 0 Å². The lowest BCUT2D eigenvalue weighted by Crippen LogP contribution is -2.47. The van der Waals surface area contributed by atoms with Gasteiger partial charge in [0.2, 0.25) is 0 Å². The van der Waals surface area contributed by atoms with Crippen LogP contribution in [0.15, 0.2) is 107 Å². The number of cyclic esters (lactones) is 6. The Labute approximate surface area is 317 Å². The van der Waals surface area contributed by atoms with Gasteiger partial charge in [0.1, 0.15) is 28.9 Å². The number of allylic oxidation sites excluding steroid dienone is 8. The van der Waals surface area contributed by atoms with E-state index in [-0.39, 0.29) is 23.3 Å². The second-order valence-electron chi connectivity index (χ2n) is 12.4. The van der Waals surface area contributed by atoms with Crippen molar-refractivity contribution in [1.82, 2.24) is 0 Å². The van der Waals surface area contributed by atoms with E-state index in [1.54, 1.807) is 26.0 Å². The van der Waals surface area contributed by atoms with E-state index in [4.69, 9.17) is 33.2 Å². The molecule has 2 unspecified atom stereocenters. The number of benzene rings is 1. The first-order chi connectivity index (χ1) is 26.4. The number of esters is 6. The molecule has 0 saturated carbocycles. The summed E-state index contributed by atoms with van der Waals surface area (Å²) in [5.41, 5.74) is 0.0701. The van der Waals surface area contributed by atoms with Gasteiger partial charge in [-0.1, -0.05) is 36.5 Å². The minimum absolute atomic E-state index is 0.156. The smallest absolute Gasteiger partial charge is 0.370 e. The number of hydrogen-bond donors (Lipinski definition) is 3. The molecule has 5 rings (SSSR count). The molecule has 0 bridgehead atoms. The fourth-order valence-corrected chi connectivity index (χ4v) is 5.27. The van der Waals surface area contributed by atoms with Gasteiger partial charge in [0.05, 0.1) is 0 Å². The quantitative estimate of drug-likeness (QED) is 0.101. The van der Waals surface area contributed by atoms with Crippen molar-refractivity contribution in [1.29, 1.82) is 0 Å². The molecule has 2 saturated heterocycles. The second kappa shape index (κ2) is 16.2. The summed E-state index contributed by atoms with van der Waals surface area (Å²) in [5, 5.41) is 30.6. The third kappa shape index (κ3) is 9.05. The summed E-state index contributed by atoms with van der Waals surface area (Å²) in [7, 11) is 1.35. The molecule has 0 aliphatic carbocycles. The van der Waals surface area contributed by atoms with Gasteiger partial charge in [-0.15, -0.1) is 0 Å². The lowest BCUT2D eigenvalue weighted by atomic mass is 9.98. The molecule has 0 radical (unpaired) electrons. The van der Waals surface area contributed by atoms with Crippen molar-refractivity contribution in [3.05, 3.63) is 129 Å². The topological polar surface area (TPSA) is 246 Å². The van der Waals surface area contributed by atoms with Gasteiger partial charge < -0.3 is 58.0 Å². The zero-order valence-electron chi connectivity index (χ0n) is 30.3. The predicted octanol–water partition coefficient (Wildman–Crippen LogP) is 3.29. The lowest BCUT2D eigenvalue weighted by Gasteiger charge is -2.32. The molecule has 294 valence electrons. The van der Waals surface area contributed by atoms with Crippen LogP contribution >= 0.6 is 0 Å². The summed E-state index contributed by atoms with van der Waals surface area (Å²) in [5.74, 6) is -11.3. The number of methoxy groups -OCH3 is 1. The highest BCUT2D eigenvalue weighted by atomic mass is 16.8. The van der Waals surface area contributed by atoms with Gasteiger partial charge in [0.25, 0.3) is 30.3 Å². The maximum atomic E-state index is 12.8. The summed E-state index contributed by atoms with van der Waals surface area (Å²) in [6.45, 7) is 5.46. The number of aryl methyl sites for hydroxylation is 2. The fourth-order valence-electron chi connectivity index (χ4n) is 5.27. The molecule has 0 spiro atoms. The molecule has 4 heterocycles. The molecule has 18 heteroatoms. The first-order valence-corrected chi connectivity index (χ1v) is 16.4. The minimum atomic E-state index is -2.38. The van der Waals surface area contributed by atoms with Crippen LogP contribution in [0.25, 0.3) is 0 Å². The number of rotatable bonds is 10. The monoisotopic (exact) mass is 778 g/mol. The molecule has 18 nitrogen and oxygen atoms in total. The van der Waals surface area contributed by atoms with Crippen LogP contribution < -0.4 is 0 Å². The summed E-state index contributed by atoms with van der Waals surface area (Å²) in [6, 6.07) is 3.11. The number of carbonyl (C=O) groups excluding carboxylic acids is 6. The number of ether oxygens (including phenoxy) is 9. The van der Waals surface area contributed by atoms with Crippen molar-refractivity contribution >= 4 is 35.8 Å². The van der Waals surface area contributed by atoms with Crippen molar-refractivity contribution in [3.63, 3.8) is 0 Å². The molecule has 0 aromatic heterocycles.